The van der Waals surface area contributed by atoms with Crippen molar-refractivity contribution in [3.05, 3.63) is 24.3 Å². The minimum Gasteiger partial charge on any atom is -0.399 e. The zero-order valence-corrected chi connectivity index (χ0v) is 14.1. The Labute approximate surface area is 131 Å². The van der Waals surface area contributed by atoms with E-state index >= 15 is 0 Å². The molecule has 118 valence electrons. The number of sulfonamides is 1. The van der Waals surface area contributed by atoms with E-state index in [0.717, 1.165) is 29.8 Å². The summed E-state index contributed by atoms with van der Waals surface area (Å²) in [6.07, 6.45) is 4.26. The van der Waals surface area contributed by atoms with Crippen LogP contribution in [-0.2, 0) is 10.0 Å². The van der Waals surface area contributed by atoms with Crippen LogP contribution in [0.15, 0.2) is 29.2 Å². The van der Waals surface area contributed by atoms with Gasteiger partial charge in [-0.05, 0) is 43.0 Å². The first-order chi connectivity index (χ1) is 9.94. The van der Waals surface area contributed by atoms with Crippen LogP contribution in [0, 0.1) is 5.92 Å². The molecule has 3 N–H and O–H groups in total. The average molecular weight is 329 g/mol. The molecule has 1 aromatic rings. The van der Waals surface area contributed by atoms with Crippen LogP contribution in [0.1, 0.15) is 32.6 Å². The number of nitrogen functional groups attached to an aromatic ring is 1. The van der Waals surface area contributed by atoms with Crippen molar-refractivity contribution in [1.29, 1.82) is 0 Å². The number of thioether (sulfide) groups is 1. The van der Waals surface area contributed by atoms with E-state index in [2.05, 4.69) is 11.6 Å². The Bertz CT molecular complexity index is 543. The molecule has 2 atom stereocenters. The summed E-state index contributed by atoms with van der Waals surface area (Å²) in [4.78, 5) is 1.05. The molecular formula is C15H24N2O2S2. The molecule has 2 unspecified atom stereocenters. The molecule has 4 nitrogen and oxygen atoms in total. The third-order valence-electron chi connectivity index (χ3n) is 3.78. The molecule has 0 heterocycles. The van der Waals surface area contributed by atoms with Crippen molar-refractivity contribution < 1.29 is 8.42 Å². The number of benzene rings is 1. The van der Waals surface area contributed by atoms with Crippen LogP contribution in [0.3, 0.4) is 0 Å². The van der Waals surface area contributed by atoms with Gasteiger partial charge >= 0.3 is 0 Å². The lowest BCUT2D eigenvalue weighted by Gasteiger charge is -2.27. The molecule has 0 saturated heterocycles. The van der Waals surface area contributed by atoms with Crippen molar-refractivity contribution in [2.75, 3.05) is 17.2 Å². The second-order valence-corrected chi connectivity index (χ2v) is 8.86. The Morgan fingerprint density at radius 2 is 2.00 bits per heavy atom. The van der Waals surface area contributed by atoms with Crippen molar-refractivity contribution >= 4 is 27.5 Å². The molecule has 0 radical (unpaired) electrons. The molecule has 0 aromatic heterocycles. The smallest absolute Gasteiger partial charge is 0.212 e. The predicted octanol–water partition coefficient (Wildman–Crippen LogP) is 2.86. The summed E-state index contributed by atoms with van der Waals surface area (Å²) in [5.41, 5.74) is 6.35. The van der Waals surface area contributed by atoms with Gasteiger partial charge in [-0.3, -0.25) is 0 Å². The Balaban J connectivity index is 1.77. The summed E-state index contributed by atoms with van der Waals surface area (Å²) in [5.74, 6) is 1.34. The predicted molar refractivity (Wildman–Crippen MR) is 89.9 cm³/mol. The van der Waals surface area contributed by atoms with Gasteiger partial charge in [0, 0.05) is 22.4 Å². The average Bonchev–Trinajstić information content (AvgIpc) is 2.40. The number of hydrogen-bond acceptors (Lipinski definition) is 4. The summed E-state index contributed by atoms with van der Waals surface area (Å²) in [6, 6.07) is 7.63. The van der Waals surface area contributed by atoms with Crippen molar-refractivity contribution in [2.45, 2.75) is 43.5 Å². The van der Waals surface area contributed by atoms with E-state index in [1.165, 1.54) is 6.42 Å². The van der Waals surface area contributed by atoms with Gasteiger partial charge in [0.1, 0.15) is 0 Å². The highest BCUT2D eigenvalue weighted by Gasteiger charge is 2.23. The molecule has 1 aromatic carbocycles. The van der Waals surface area contributed by atoms with Crippen molar-refractivity contribution in [2.24, 2.45) is 5.92 Å². The number of rotatable bonds is 6. The van der Waals surface area contributed by atoms with E-state index in [9.17, 15) is 8.42 Å². The van der Waals surface area contributed by atoms with Gasteiger partial charge in [0.25, 0.3) is 0 Å². The van der Waals surface area contributed by atoms with Crippen LogP contribution >= 0.6 is 11.8 Å². The first kappa shape index (κ1) is 16.6. The van der Waals surface area contributed by atoms with Crippen LogP contribution < -0.4 is 10.5 Å². The minimum atomic E-state index is -3.18. The third kappa shape index (κ3) is 5.88. The highest BCUT2D eigenvalue weighted by Crippen LogP contribution is 2.24. The first-order valence-corrected chi connectivity index (χ1v) is 10.1. The number of hydrogen-bond donors (Lipinski definition) is 2. The van der Waals surface area contributed by atoms with Gasteiger partial charge in [-0.25, -0.2) is 13.1 Å². The highest BCUT2D eigenvalue weighted by atomic mass is 32.2. The van der Waals surface area contributed by atoms with Crippen LogP contribution in [-0.4, -0.2) is 26.0 Å². The molecule has 6 heteroatoms. The van der Waals surface area contributed by atoms with E-state index in [1.54, 1.807) is 11.8 Å². The van der Waals surface area contributed by atoms with Crippen molar-refractivity contribution in [1.82, 2.24) is 4.72 Å². The fourth-order valence-electron chi connectivity index (χ4n) is 2.69. The molecule has 1 fully saturated rings. The summed E-state index contributed by atoms with van der Waals surface area (Å²) < 4.78 is 27.1. The molecule has 0 aliphatic heterocycles. The van der Waals surface area contributed by atoms with E-state index in [4.69, 9.17) is 5.73 Å². The van der Waals surface area contributed by atoms with Crippen LogP contribution in [0.4, 0.5) is 5.69 Å². The molecule has 1 aliphatic rings. The zero-order valence-electron chi connectivity index (χ0n) is 12.4. The topological polar surface area (TPSA) is 72.2 Å². The van der Waals surface area contributed by atoms with Crippen molar-refractivity contribution in [3.8, 4) is 0 Å². The Morgan fingerprint density at radius 1 is 1.29 bits per heavy atom. The molecule has 0 spiro atoms. The Morgan fingerprint density at radius 3 is 2.67 bits per heavy atom. The minimum absolute atomic E-state index is 0.125. The van der Waals surface area contributed by atoms with Crippen LogP contribution in [0.2, 0.25) is 0 Å². The van der Waals surface area contributed by atoms with Gasteiger partial charge in [0.15, 0.2) is 0 Å². The Hall–Kier alpha value is -0.720. The standard InChI is InChI=1S/C15H24N2O2S2/c1-12-3-2-4-14(11-12)17-21(18,19)10-9-20-15-7-5-13(16)6-8-15/h5-8,12,14,17H,2-4,9-11,16H2,1H3. The van der Waals surface area contributed by atoms with E-state index in [-0.39, 0.29) is 11.8 Å². The maximum absolute atomic E-state index is 12.1. The van der Waals surface area contributed by atoms with Gasteiger partial charge in [-0.1, -0.05) is 19.8 Å². The number of anilines is 1. The summed E-state index contributed by atoms with van der Waals surface area (Å²) in [7, 11) is -3.18. The third-order valence-corrected chi connectivity index (χ3v) is 6.49. The van der Waals surface area contributed by atoms with E-state index in [1.807, 2.05) is 24.3 Å². The van der Waals surface area contributed by atoms with Crippen molar-refractivity contribution in [3.63, 3.8) is 0 Å². The number of nitrogens with one attached hydrogen (secondary N) is 1. The fourth-order valence-corrected chi connectivity index (χ4v) is 5.30. The van der Waals surface area contributed by atoms with Gasteiger partial charge in [-0.2, -0.15) is 0 Å². The van der Waals surface area contributed by atoms with Gasteiger partial charge in [0.2, 0.25) is 10.0 Å². The quantitative estimate of drug-likeness (QED) is 0.622. The van der Waals surface area contributed by atoms with E-state index < -0.39 is 10.0 Å². The Kier molecular flexibility index (Phi) is 5.96. The lowest BCUT2D eigenvalue weighted by molar-refractivity contribution is 0.327. The second kappa shape index (κ2) is 7.51. The summed E-state index contributed by atoms with van der Waals surface area (Å²) in [5, 5.41) is 0. The molecular weight excluding hydrogens is 304 g/mol. The monoisotopic (exact) mass is 328 g/mol. The molecule has 1 saturated carbocycles. The van der Waals surface area contributed by atoms with E-state index in [0.29, 0.717) is 11.7 Å². The first-order valence-electron chi connectivity index (χ1n) is 7.43. The maximum atomic E-state index is 12.1. The molecule has 0 amide bonds. The molecule has 2 rings (SSSR count). The second-order valence-electron chi connectivity index (χ2n) is 5.82. The maximum Gasteiger partial charge on any atom is 0.212 e. The molecule has 0 bridgehead atoms. The lowest BCUT2D eigenvalue weighted by Crippen LogP contribution is -2.39. The molecule has 1 aliphatic carbocycles. The van der Waals surface area contributed by atoms with Crippen LogP contribution in [0.5, 0.6) is 0 Å². The van der Waals surface area contributed by atoms with Gasteiger partial charge in [-0.15, -0.1) is 11.8 Å². The lowest BCUT2D eigenvalue weighted by atomic mass is 9.88. The summed E-state index contributed by atoms with van der Waals surface area (Å²) in [6.45, 7) is 2.19. The number of nitrogens with two attached hydrogens (primary N) is 1. The van der Waals surface area contributed by atoms with Gasteiger partial charge in [0.05, 0.1) is 5.75 Å². The summed E-state index contributed by atoms with van der Waals surface area (Å²) >= 11 is 1.54. The zero-order chi connectivity index (χ0) is 15.3. The normalized spacial score (nSPS) is 23.1. The van der Waals surface area contributed by atoms with Crippen LogP contribution in [0.25, 0.3) is 0 Å². The highest BCUT2D eigenvalue weighted by molar-refractivity contribution is 8.00. The molecule has 21 heavy (non-hydrogen) atoms. The SMILES string of the molecule is CC1CCCC(NS(=O)(=O)CCSc2ccc(N)cc2)C1. The largest absolute Gasteiger partial charge is 0.399 e. The van der Waals surface area contributed by atoms with Gasteiger partial charge < -0.3 is 5.73 Å². The fraction of sp³-hybridized carbons (Fsp3) is 0.600.